The molecule has 5 aromatic rings. The molecule has 52 heavy (non-hydrogen) atoms. The van der Waals surface area contributed by atoms with E-state index < -0.39 is 60.0 Å². The molecule has 0 bridgehead atoms. The molecule has 2 aromatic heterocycles. The highest BCUT2D eigenvalue weighted by Gasteiger charge is 2.38. The Bertz CT molecular complexity index is 2260. The Labute approximate surface area is 303 Å². The number of pyridine rings is 1. The van der Waals surface area contributed by atoms with Crippen LogP contribution in [0.15, 0.2) is 107 Å². The molecule has 0 aliphatic carbocycles. The molecule has 6 rings (SSSR count). The number of hydrogen-bond acceptors (Lipinski definition) is 11. The zero-order chi connectivity index (χ0) is 36.9. The molecule has 0 radical (unpaired) electrons. The summed E-state index contributed by atoms with van der Waals surface area (Å²) in [5.41, 5.74) is -2.29. The Kier molecular flexibility index (Phi) is 11.0. The predicted octanol–water partition coefficient (Wildman–Crippen LogP) is 4.84. The van der Waals surface area contributed by atoms with E-state index in [0.717, 1.165) is 28.5 Å². The van der Waals surface area contributed by atoms with E-state index in [1.54, 1.807) is 42.5 Å². The quantitative estimate of drug-likeness (QED) is 0.194. The number of carbonyl (C=O) groups excluding carboxylic acids is 3. The van der Waals surface area contributed by atoms with E-state index in [1.807, 2.05) is 0 Å². The summed E-state index contributed by atoms with van der Waals surface area (Å²) in [4.78, 5) is 69.4. The van der Waals surface area contributed by atoms with Crippen LogP contribution in [0.5, 0.6) is 11.6 Å². The molecule has 3 heterocycles. The SMILES string of the molecule is O=C(Oc1cc(OC(=O)c2ccccc2)c(Cl)cn1)c1cccc(C(=O)n2c(=O)c(F)cn([C@H]3C[C@H](OCc4ccc(Cl)cc4)[C@@H](CO)O3)c2=O)c1. The van der Waals surface area contributed by atoms with Crippen LogP contribution in [0.1, 0.15) is 49.3 Å². The van der Waals surface area contributed by atoms with Gasteiger partial charge in [-0.25, -0.2) is 19.4 Å². The lowest BCUT2D eigenvalue weighted by atomic mass is 10.1. The number of aromatic nitrogens is 3. The number of halogens is 3. The number of aliphatic hydroxyl groups excluding tert-OH is 1. The first-order chi connectivity index (χ1) is 25.0. The van der Waals surface area contributed by atoms with Gasteiger partial charge in [-0.1, -0.05) is 59.6 Å². The maximum absolute atomic E-state index is 15.0. The lowest BCUT2D eigenvalue weighted by molar-refractivity contribution is -0.0661. The van der Waals surface area contributed by atoms with Crippen molar-refractivity contribution in [3.8, 4) is 11.6 Å². The predicted molar refractivity (Wildman–Crippen MR) is 182 cm³/mol. The molecular formula is C36H26Cl2FN3O10. The van der Waals surface area contributed by atoms with E-state index in [-0.39, 0.29) is 50.9 Å². The molecule has 13 nitrogen and oxygen atoms in total. The molecule has 1 saturated heterocycles. The van der Waals surface area contributed by atoms with Crippen LogP contribution in [0.4, 0.5) is 4.39 Å². The van der Waals surface area contributed by atoms with Gasteiger partial charge >= 0.3 is 17.6 Å². The molecule has 0 saturated carbocycles. The van der Waals surface area contributed by atoms with E-state index in [0.29, 0.717) is 11.2 Å². The number of benzene rings is 3. The van der Waals surface area contributed by atoms with Gasteiger partial charge in [0, 0.05) is 23.1 Å². The summed E-state index contributed by atoms with van der Waals surface area (Å²) >= 11 is 12.0. The van der Waals surface area contributed by atoms with Crippen LogP contribution in [0.25, 0.3) is 0 Å². The Morgan fingerprint density at radius 3 is 2.33 bits per heavy atom. The van der Waals surface area contributed by atoms with Crippen LogP contribution in [0.3, 0.4) is 0 Å². The largest absolute Gasteiger partial charge is 0.421 e. The Morgan fingerprint density at radius 1 is 0.904 bits per heavy atom. The fourth-order valence-corrected chi connectivity index (χ4v) is 5.52. The fraction of sp³-hybridized carbons (Fsp3) is 0.167. The second-order valence-electron chi connectivity index (χ2n) is 11.3. The molecule has 1 aliphatic rings. The van der Waals surface area contributed by atoms with Crippen LogP contribution < -0.4 is 20.7 Å². The van der Waals surface area contributed by atoms with Crippen molar-refractivity contribution >= 4 is 41.0 Å². The van der Waals surface area contributed by atoms with Crippen molar-refractivity contribution in [2.75, 3.05) is 6.61 Å². The van der Waals surface area contributed by atoms with E-state index >= 15 is 0 Å². The second-order valence-corrected chi connectivity index (χ2v) is 12.2. The average molecular weight is 751 g/mol. The third-order valence-corrected chi connectivity index (χ3v) is 8.41. The van der Waals surface area contributed by atoms with Gasteiger partial charge in [0.2, 0.25) is 11.7 Å². The lowest BCUT2D eigenvalue weighted by Gasteiger charge is -2.17. The number of hydrogen-bond donors (Lipinski definition) is 1. The van der Waals surface area contributed by atoms with Gasteiger partial charge in [-0.15, -0.1) is 0 Å². The number of ether oxygens (including phenoxy) is 4. The van der Waals surface area contributed by atoms with Gasteiger partial charge in [0.1, 0.15) is 17.4 Å². The highest BCUT2D eigenvalue weighted by molar-refractivity contribution is 6.32. The van der Waals surface area contributed by atoms with Gasteiger partial charge in [-0.05, 0) is 48.0 Å². The van der Waals surface area contributed by atoms with Gasteiger partial charge in [0.15, 0.2) is 5.75 Å². The minimum atomic E-state index is -1.53. The number of aliphatic hydroxyl groups is 1. The van der Waals surface area contributed by atoms with Crippen molar-refractivity contribution in [2.24, 2.45) is 0 Å². The molecule has 266 valence electrons. The van der Waals surface area contributed by atoms with Crippen molar-refractivity contribution in [3.05, 3.63) is 156 Å². The van der Waals surface area contributed by atoms with Crippen LogP contribution in [0, 0.1) is 5.82 Å². The summed E-state index contributed by atoms with van der Waals surface area (Å²) < 4.78 is 38.1. The number of carbonyl (C=O) groups is 3. The zero-order valence-corrected chi connectivity index (χ0v) is 28.2. The Morgan fingerprint density at radius 2 is 1.60 bits per heavy atom. The molecule has 3 aromatic carbocycles. The van der Waals surface area contributed by atoms with E-state index in [4.69, 9.17) is 42.1 Å². The van der Waals surface area contributed by atoms with E-state index in [2.05, 4.69) is 4.98 Å². The minimum absolute atomic E-state index is 0.0300. The highest BCUT2D eigenvalue weighted by atomic mass is 35.5. The molecule has 0 amide bonds. The Hall–Kier alpha value is -5.51. The molecule has 1 aliphatic heterocycles. The third-order valence-electron chi connectivity index (χ3n) is 7.87. The van der Waals surface area contributed by atoms with E-state index in [9.17, 15) is 33.5 Å². The summed E-state index contributed by atoms with van der Waals surface area (Å²) in [6.45, 7) is -0.377. The van der Waals surface area contributed by atoms with Crippen LogP contribution in [-0.2, 0) is 16.1 Å². The average Bonchev–Trinajstić information content (AvgIpc) is 3.57. The Balaban J connectivity index is 1.19. The first-order valence-electron chi connectivity index (χ1n) is 15.5. The van der Waals surface area contributed by atoms with Crippen molar-refractivity contribution < 1.29 is 42.8 Å². The summed E-state index contributed by atoms with van der Waals surface area (Å²) in [6, 6.07) is 20.8. The number of nitrogens with zero attached hydrogens (tertiary/aromatic N) is 3. The zero-order valence-electron chi connectivity index (χ0n) is 26.7. The highest BCUT2D eigenvalue weighted by Crippen LogP contribution is 2.31. The molecule has 16 heteroatoms. The normalized spacial score (nSPS) is 16.7. The van der Waals surface area contributed by atoms with Gasteiger partial charge in [0.25, 0.3) is 11.5 Å². The summed E-state index contributed by atoms with van der Waals surface area (Å²) in [5.74, 6) is -4.87. The van der Waals surface area contributed by atoms with Crippen LogP contribution >= 0.6 is 23.2 Å². The summed E-state index contributed by atoms with van der Waals surface area (Å²) in [7, 11) is 0. The van der Waals surface area contributed by atoms with Gasteiger partial charge < -0.3 is 24.1 Å². The third kappa shape index (κ3) is 8.01. The maximum Gasteiger partial charge on any atom is 0.344 e. The van der Waals surface area contributed by atoms with E-state index in [1.165, 1.54) is 30.3 Å². The van der Waals surface area contributed by atoms with Crippen molar-refractivity contribution in [3.63, 3.8) is 0 Å². The monoisotopic (exact) mass is 749 g/mol. The number of rotatable bonds is 10. The molecule has 0 spiro atoms. The first kappa shape index (κ1) is 36.3. The van der Waals surface area contributed by atoms with Gasteiger partial charge in [-0.3, -0.25) is 14.2 Å². The molecular weight excluding hydrogens is 724 g/mol. The van der Waals surface area contributed by atoms with Crippen LogP contribution in [0.2, 0.25) is 10.0 Å². The van der Waals surface area contributed by atoms with Gasteiger partial charge in [-0.2, -0.15) is 8.96 Å². The minimum Gasteiger partial charge on any atom is -0.421 e. The smallest absolute Gasteiger partial charge is 0.344 e. The van der Waals surface area contributed by atoms with Gasteiger partial charge in [0.05, 0.1) is 42.8 Å². The summed E-state index contributed by atoms with van der Waals surface area (Å²) in [5, 5.41) is 10.4. The molecule has 0 unspecified atom stereocenters. The lowest BCUT2D eigenvalue weighted by Crippen LogP contribution is -2.46. The summed E-state index contributed by atoms with van der Waals surface area (Å²) in [6.07, 6.45) is -1.16. The van der Waals surface area contributed by atoms with Crippen molar-refractivity contribution in [1.29, 1.82) is 0 Å². The fourth-order valence-electron chi connectivity index (χ4n) is 5.25. The first-order valence-corrected chi connectivity index (χ1v) is 16.2. The number of esters is 2. The van der Waals surface area contributed by atoms with Crippen molar-refractivity contribution in [2.45, 2.75) is 31.5 Å². The second kappa shape index (κ2) is 15.8. The topological polar surface area (TPSA) is 165 Å². The maximum atomic E-state index is 15.0. The van der Waals surface area contributed by atoms with Crippen LogP contribution in [-0.4, -0.2) is 55.9 Å². The molecule has 1 fully saturated rings. The van der Waals surface area contributed by atoms with Crippen molar-refractivity contribution in [1.82, 2.24) is 14.1 Å². The standard InChI is InChI=1S/C36H26Cl2FN3O10/c37-24-11-9-20(10-12-24)19-49-28-15-31(50-29(28)18-43)41-17-26(39)33(45)42(36(41)48)32(44)22-7-4-8-23(13-22)35(47)52-30-14-27(25(38)16-40-30)51-34(46)21-5-2-1-3-6-21/h1-14,16-17,28-29,31,43H,15,18-19H2/t28-,29+,31+/m0/s1. The molecule has 1 N–H and O–H groups in total. The molecule has 3 atom stereocenters.